The summed E-state index contributed by atoms with van der Waals surface area (Å²) in [6, 6.07) is 9.22. The van der Waals surface area contributed by atoms with Gasteiger partial charge in [-0.1, -0.05) is 23.2 Å². The molecule has 0 aliphatic heterocycles. The zero-order valence-corrected chi connectivity index (χ0v) is 15.5. The molecule has 0 aliphatic rings. The predicted octanol–water partition coefficient (Wildman–Crippen LogP) is 4.65. The first-order valence-electron chi connectivity index (χ1n) is 7.71. The Hall–Kier alpha value is -2.90. The zero-order valence-electron chi connectivity index (χ0n) is 14.0. The highest BCUT2D eigenvalue weighted by molar-refractivity contribution is 6.35. The number of aromatic amines is 1. The highest BCUT2D eigenvalue weighted by Gasteiger charge is 2.19. The largest absolute Gasteiger partial charge is 0.507 e. The number of hydrogen-bond acceptors (Lipinski definition) is 5. The van der Waals surface area contributed by atoms with E-state index >= 15 is 0 Å². The van der Waals surface area contributed by atoms with E-state index in [1.165, 1.54) is 12.1 Å². The minimum Gasteiger partial charge on any atom is -0.507 e. The first-order chi connectivity index (χ1) is 12.8. The summed E-state index contributed by atoms with van der Waals surface area (Å²) in [4.78, 5) is 10.6. The van der Waals surface area contributed by atoms with Gasteiger partial charge in [0.1, 0.15) is 22.9 Å². The van der Waals surface area contributed by atoms with Gasteiger partial charge in [-0.2, -0.15) is 5.10 Å². The quantitative estimate of drug-likeness (QED) is 0.547. The minimum atomic E-state index is -1.11. The topological polar surface area (TPSA) is 105 Å². The number of carboxylic acid groups (broad SMARTS) is 1. The summed E-state index contributed by atoms with van der Waals surface area (Å²) in [6.07, 6.45) is 0. The van der Waals surface area contributed by atoms with Gasteiger partial charge in [0, 0.05) is 16.7 Å². The average molecular weight is 409 g/mol. The van der Waals surface area contributed by atoms with E-state index in [2.05, 4.69) is 10.2 Å². The fourth-order valence-electron chi connectivity index (χ4n) is 2.34. The van der Waals surface area contributed by atoms with Gasteiger partial charge in [-0.3, -0.25) is 5.10 Å². The Balaban J connectivity index is 1.93. The van der Waals surface area contributed by atoms with Crippen molar-refractivity contribution in [2.24, 2.45) is 0 Å². The lowest BCUT2D eigenvalue weighted by atomic mass is 10.1. The maximum Gasteiger partial charge on any atom is 0.341 e. The first-order valence-corrected chi connectivity index (χ1v) is 8.46. The molecular weight excluding hydrogens is 395 g/mol. The van der Waals surface area contributed by atoms with Crippen molar-refractivity contribution in [1.82, 2.24) is 10.2 Å². The maximum atomic E-state index is 10.6. The van der Waals surface area contributed by atoms with E-state index in [1.54, 1.807) is 31.2 Å². The zero-order chi connectivity index (χ0) is 19.6. The molecule has 0 spiro atoms. The van der Waals surface area contributed by atoms with Crippen LogP contribution in [-0.4, -0.2) is 33.0 Å². The van der Waals surface area contributed by atoms with E-state index in [0.717, 1.165) is 0 Å². The second kappa shape index (κ2) is 7.77. The molecule has 9 heteroatoms. The molecule has 2 aromatic carbocycles. The van der Waals surface area contributed by atoms with Crippen molar-refractivity contribution in [2.75, 3.05) is 6.61 Å². The molecule has 7 nitrogen and oxygen atoms in total. The van der Waals surface area contributed by atoms with Crippen LogP contribution in [0, 0.1) is 6.92 Å². The maximum absolute atomic E-state index is 10.6. The second-order valence-corrected chi connectivity index (χ2v) is 6.41. The van der Waals surface area contributed by atoms with Crippen molar-refractivity contribution in [1.29, 1.82) is 0 Å². The number of halogens is 2. The number of aromatic nitrogens is 2. The predicted molar refractivity (Wildman–Crippen MR) is 100 cm³/mol. The standard InChI is InChI=1S/C18H14Cl2N2O5/c1-9-18(27-15-5-2-10(19)6-13(15)20)17(22-21-9)12-4-3-11(7-14(12)23)26-8-16(24)25/h2-7,23H,8H2,1H3,(H,21,22)(H,24,25). The van der Waals surface area contributed by atoms with Gasteiger partial charge in [-0.15, -0.1) is 0 Å². The highest BCUT2D eigenvalue weighted by atomic mass is 35.5. The second-order valence-electron chi connectivity index (χ2n) is 5.56. The van der Waals surface area contributed by atoms with Crippen molar-refractivity contribution in [3.05, 3.63) is 52.1 Å². The number of rotatable bonds is 6. The molecule has 0 saturated heterocycles. The van der Waals surface area contributed by atoms with Gasteiger partial charge in [0.05, 0.1) is 10.7 Å². The summed E-state index contributed by atoms with van der Waals surface area (Å²) in [6.45, 7) is 1.25. The van der Waals surface area contributed by atoms with Crippen molar-refractivity contribution in [3.8, 4) is 34.3 Å². The van der Waals surface area contributed by atoms with E-state index in [9.17, 15) is 9.90 Å². The minimum absolute atomic E-state index is 0.142. The number of H-pyrrole nitrogens is 1. The molecule has 0 amide bonds. The monoisotopic (exact) mass is 408 g/mol. The molecule has 0 saturated carbocycles. The van der Waals surface area contributed by atoms with Gasteiger partial charge >= 0.3 is 5.97 Å². The van der Waals surface area contributed by atoms with Crippen molar-refractivity contribution in [2.45, 2.75) is 6.92 Å². The summed E-state index contributed by atoms with van der Waals surface area (Å²) in [7, 11) is 0. The van der Waals surface area contributed by atoms with E-state index < -0.39 is 12.6 Å². The molecular formula is C18H14Cl2N2O5. The number of aryl methyl sites for hydroxylation is 1. The molecule has 0 bridgehead atoms. The average Bonchev–Trinajstić information content (AvgIpc) is 2.96. The third-order valence-corrected chi connectivity index (χ3v) is 4.11. The lowest BCUT2D eigenvalue weighted by molar-refractivity contribution is -0.139. The Morgan fingerprint density at radius 3 is 2.67 bits per heavy atom. The molecule has 0 atom stereocenters. The van der Waals surface area contributed by atoms with Gasteiger partial charge in [0.2, 0.25) is 0 Å². The number of aromatic hydroxyl groups is 1. The number of nitrogens with zero attached hydrogens (tertiary/aromatic N) is 1. The molecule has 0 unspecified atom stereocenters. The summed E-state index contributed by atoms with van der Waals surface area (Å²) in [5.74, 6) is -0.274. The van der Waals surface area contributed by atoms with Crippen LogP contribution >= 0.6 is 23.2 Å². The summed E-state index contributed by atoms with van der Waals surface area (Å²) in [5.41, 5.74) is 1.37. The third-order valence-electron chi connectivity index (χ3n) is 3.58. The van der Waals surface area contributed by atoms with Crippen LogP contribution in [0.2, 0.25) is 10.0 Å². The van der Waals surface area contributed by atoms with Crippen LogP contribution in [-0.2, 0) is 4.79 Å². The lowest BCUT2D eigenvalue weighted by Crippen LogP contribution is -2.09. The van der Waals surface area contributed by atoms with Gasteiger partial charge in [0.15, 0.2) is 12.4 Å². The van der Waals surface area contributed by atoms with Crippen LogP contribution in [0.1, 0.15) is 5.69 Å². The Morgan fingerprint density at radius 2 is 2.00 bits per heavy atom. The third kappa shape index (κ3) is 4.27. The van der Waals surface area contributed by atoms with Crippen LogP contribution in [0.15, 0.2) is 36.4 Å². The Morgan fingerprint density at radius 1 is 1.22 bits per heavy atom. The van der Waals surface area contributed by atoms with Crippen molar-refractivity contribution >= 4 is 29.2 Å². The fourth-order valence-corrected chi connectivity index (χ4v) is 2.79. The van der Waals surface area contributed by atoms with Crippen LogP contribution in [0.5, 0.6) is 23.0 Å². The van der Waals surface area contributed by atoms with Gasteiger partial charge < -0.3 is 19.7 Å². The lowest BCUT2D eigenvalue weighted by Gasteiger charge is -2.11. The summed E-state index contributed by atoms with van der Waals surface area (Å²) < 4.78 is 10.9. The Labute approximate surface area is 164 Å². The van der Waals surface area contributed by atoms with Crippen LogP contribution in [0.25, 0.3) is 11.3 Å². The molecule has 140 valence electrons. The van der Waals surface area contributed by atoms with Crippen molar-refractivity contribution < 1.29 is 24.5 Å². The molecule has 0 radical (unpaired) electrons. The number of hydrogen-bond donors (Lipinski definition) is 3. The Kier molecular flexibility index (Phi) is 5.43. The molecule has 1 aromatic heterocycles. The number of carboxylic acids is 1. The molecule has 27 heavy (non-hydrogen) atoms. The number of benzene rings is 2. The SMILES string of the molecule is Cc1[nH]nc(-c2ccc(OCC(=O)O)cc2O)c1Oc1ccc(Cl)cc1Cl. The Bertz CT molecular complexity index is 1000. The van der Waals surface area contributed by atoms with E-state index in [0.29, 0.717) is 38.5 Å². The smallest absolute Gasteiger partial charge is 0.341 e. The highest BCUT2D eigenvalue weighted by Crippen LogP contribution is 2.41. The van der Waals surface area contributed by atoms with E-state index in [-0.39, 0.29) is 11.5 Å². The van der Waals surface area contributed by atoms with E-state index in [4.69, 9.17) is 37.8 Å². The van der Waals surface area contributed by atoms with Gasteiger partial charge in [-0.05, 0) is 37.3 Å². The molecule has 3 rings (SSSR count). The van der Waals surface area contributed by atoms with Gasteiger partial charge in [0.25, 0.3) is 0 Å². The van der Waals surface area contributed by atoms with Crippen LogP contribution in [0.3, 0.4) is 0 Å². The summed E-state index contributed by atoms with van der Waals surface area (Å²) >= 11 is 12.1. The number of nitrogens with one attached hydrogen (secondary N) is 1. The van der Waals surface area contributed by atoms with Crippen LogP contribution in [0.4, 0.5) is 0 Å². The summed E-state index contributed by atoms with van der Waals surface area (Å²) in [5, 5.41) is 26.8. The van der Waals surface area contributed by atoms with Crippen molar-refractivity contribution in [3.63, 3.8) is 0 Å². The first kappa shape index (κ1) is 18.9. The number of ether oxygens (including phenoxy) is 2. The number of carbonyl (C=O) groups is 1. The van der Waals surface area contributed by atoms with E-state index in [1.807, 2.05) is 0 Å². The van der Waals surface area contributed by atoms with Gasteiger partial charge in [-0.25, -0.2) is 4.79 Å². The molecule has 1 heterocycles. The number of aliphatic carboxylic acids is 1. The molecule has 0 aliphatic carbocycles. The molecule has 0 fully saturated rings. The number of phenolic OH excluding ortho intramolecular Hbond substituents is 1. The normalized spacial score (nSPS) is 10.6. The molecule has 3 aromatic rings. The number of phenols is 1. The fraction of sp³-hybridized carbons (Fsp3) is 0.111. The van der Waals surface area contributed by atoms with Crippen LogP contribution < -0.4 is 9.47 Å². The molecule has 3 N–H and O–H groups in total.